The molecular weight excluding hydrogens is 419 g/mol. The number of carbonyl (C=O) groups excluding carboxylic acids is 1. The average molecular weight is 442 g/mol. The molecule has 7 nitrogen and oxygen atoms in total. The zero-order valence-corrected chi connectivity index (χ0v) is 17.9. The smallest absolute Gasteiger partial charge is 0.256 e. The van der Waals surface area contributed by atoms with E-state index in [0.717, 1.165) is 53.6 Å². The van der Waals surface area contributed by atoms with Crippen LogP contribution in [0.3, 0.4) is 0 Å². The third kappa shape index (κ3) is 4.96. The van der Waals surface area contributed by atoms with Gasteiger partial charge in [-0.2, -0.15) is 0 Å². The lowest BCUT2D eigenvalue weighted by molar-refractivity contribution is 0.102. The van der Waals surface area contributed by atoms with Crippen molar-refractivity contribution in [2.24, 2.45) is 0 Å². The quantitative estimate of drug-likeness (QED) is 0.428. The fraction of sp³-hybridized carbons (Fsp3) is 0.200. The predicted octanol–water partition coefficient (Wildman–Crippen LogP) is 4.25. The lowest BCUT2D eigenvalue weighted by Gasteiger charge is -2.24. The van der Waals surface area contributed by atoms with Gasteiger partial charge < -0.3 is 16.0 Å². The Morgan fingerprint density at radius 2 is 1.76 bits per heavy atom. The third-order valence-corrected chi connectivity index (χ3v) is 5.71. The number of amides is 1. The van der Waals surface area contributed by atoms with Crippen LogP contribution in [-0.4, -0.2) is 40.2 Å². The Balaban J connectivity index is 1.37. The molecule has 1 saturated heterocycles. The van der Waals surface area contributed by atoms with E-state index < -0.39 is 5.82 Å². The molecule has 5 rings (SSSR count). The van der Waals surface area contributed by atoms with Gasteiger partial charge in [0.05, 0.1) is 11.2 Å². The van der Waals surface area contributed by atoms with E-state index in [-0.39, 0.29) is 5.91 Å². The Morgan fingerprint density at radius 3 is 2.58 bits per heavy atom. The standard InChI is InChI=1S/C25H23FN6O/c26-20-4-1-16(2-5-20)25(33)30-24-13-18-11-17(3-6-23(18)31-32-24)19-12-22(15-28-14-19)29-21-7-9-27-10-8-21/h1-6,11-15,21,27,29H,7-10H2,(H,30,32,33). The van der Waals surface area contributed by atoms with Gasteiger partial charge in [0.1, 0.15) is 5.82 Å². The van der Waals surface area contributed by atoms with E-state index in [1.165, 1.54) is 24.3 Å². The number of pyridine rings is 1. The molecule has 2 aromatic heterocycles. The predicted molar refractivity (Wildman–Crippen MR) is 127 cm³/mol. The van der Waals surface area contributed by atoms with E-state index >= 15 is 0 Å². The highest BCUT2D eigenvalue weighted by molar-refractivity contribution is 6.04. The largest absolute Gasteiger partial charge is 0.381 e. The molecule has 3 heterocycles. The van der Waals surface area contributed by atoms with E-state index in [4.69, 9.17) is 0 Å². The Morgan fingerprint density at radius 1 is 0.939 bits per heavy atom. The van der Waals surface area contributed by atoms with Crippen molar-refractivity contribution < 1.29 is 9.18 Å². The summed E-state index contributed by atoms with van der Waals surface area (Å²) in [4.78, 5) is 16.8. The SMILES string of the molecule is O=C(Nc1cc2cc(-c3cncc(NC4CCNCC4)c3)ccc2nn1)c1ccc(F)cc1. The van der Waals surface area contributed by atoms with Gasteiger partial charge in [0.2, 0.25) is 0 Å². The Hall–Kier alpha value is -3.91. The number of fused-ring (bicyclic) bond motifs is 1. The lowest BCUT2D eigenvalue weighted by atomic mass is 10.0. The van der Waals surface area contributed by atoms with E-state index in [9.17, 15) is 9.18 Å². The van der Waals surface area contributed by atoms with Crippen molar-refractivity contribution >= 4 is 28.3 Å². The van der Waals surface area contributed by atoms with Crippen molar-refractivity contribution in [3.8, 4) is 11.1 Å². The second kappa shape index (κ2) is 9.30. The lowest BCUT2D eigenvalue weighted by Crippen LogP contribution is -2.35. The number of hydrogen-bond donors (Lipinski definition) is 3. The number of rotatable bonds is 5. The van der Waals surface area contributed by atoms with Crippen LogP contribution in [-0.2, 0) is 0 Å². The number of hydrogen-bond acceptors (Lipinski definition) is 6. The molecule has 0 spiro atoms. The number of carbonyl (C=O) groups is 1. The van der Waals surface area contributed by atoms with E-state index in [1.54, 1.807) is 6.07 Å². The van der Waals surface area contributed by atoms with E-state index in [2.05, 4.69) is 37.2 Å². The molecule has 0 atom stereocenters. The van der Waals surface area contributed by atoms with Gasteiger partial charge in [-0.05, 0) is 80.0 Å². The summed E-state index contributed by atoms with van der Waals surface area (Å²) < 4.78 is 13.1. The molecule has 1 amide bonds. The van der Waals surface area contributed by atoms with Crippen LogP contribution in [0.2, 0.25) is 0 Å². The highest BCUT2D eigenvalue weighted by atomic mass is 19.1. The van der Waals surface area contributed by atoms with Crippen molar-refractivity contribution in [1.29, 1.82) is 0 Å². The van der Waals surface area contributed by atoms with Gasteiger partial charge >= 0.3 is 0 Å². The first-order valence-corrected chi connectivity index (χ1v) is 10.9. The minimum Gasteiger partial charge on any atom is -0.381 e. The molecule has 1 aliphatic rings. The summed E-state index contributed by atoms with van der Waals surface area (Å²) >= 11 is 0. The molecule has 1 fully saturated rings. The maximum atomic E-state index is 13.1. The molecule has 166 valence electrons. The summed E-state index contributed by atoms with van der Waals surface area (Å²) in [6.07, 6.45) is 5.86. The summed E-state index contributed by atoms with van der Waals surface area (Å²) in [5.41, 5.74) is 4.04. The first-order chi connectivity index (χ1) is 16.1. The Labute approximate surface area is 190 Å². The van der Waals surface area contributed by atoms with Crippen molar-refractivity contribution in [2.75, 3.05) is 23.7 Å². The van der Waals surface area contributed by atoms with Gasteiger partial charge in [-0.15, -0.1) is 10.2 Å². The summed E-state index contributed by atoms with van der Waals surface area (Å²) in [7, 11) is 0. The highest BCUT2D eigenvalue weighted by Crippen LogP contribution is 2.26. The number of benzene rings is 2. The van der Waals surface area contributed by atoms with Crippen molar-refractivity contribution in [3.63, 3.8) is 0 Å². The maximum Gasteiger partial charge on any atom is 0.256 e. The molecule has 0 radical (unpaired) electrons. The van der Waals surface area contributed by atoms with E-state index in [0.29, 0.717) is 17.4 Å². The van der Waals surface area contributed by atoms with Crippen LogP contribution in [0.25, 0.3) is 22.0 Å². The van der Waals surface area contributed by atoms with Crippen LogP contribution in [0, 0.1) is 5.82 Å². The normalized spacial score (nSPS) is 14.2. The topological polar surface area (TPSA) is 91.8 Å². The molecule has 0 aliphatic carbocycles. The monoisotopic (exact) mass is 442 g/mol. The van der Waals surface area contributed by atoms with Gasteiger partial charge in [0.15, 0.2) is 5.82 Å². The maximum absolute atomic E-state index is 13.1. The first-order valence-electron chi connectivity index (χ1n) is 10.9. The number of halogens is 1. The fourth-order valence-corrected chi connectivity index (χ4v) is 3.95. The van der Waals surface area contributed by atoms with Crippen molar-refractivity contribution in [1.82, 2.24) is 20.5 Å². The number of aromatic nitrogens is 3. The summed E-state index contributed by atoms with van der Waals surface area (Å²) in [6, 6.07) is 15.6. The molecule has 33 heavy (non-hydrogen) atoms. The fourth-order valence-electron chi connectivity index (χ4n) is 3.95. The van der Waals surface area contributed by atoms with Crippen LogP contribution >= 0.6 is 0 Å². The van der Waals surface area contributed by atoms with Gasteiger partial charge in [-0.25, -0.2) is 4.39 Å². The minimum absolute atomic E-state index is 0.327. The van der Waals surface area contributed by atoms with Gasteiger partial charge in [0.25, 0.3) is 5.91 Å². The molecule has 0 bridgehead atoms. The van der Waals surface area contributed by atoms with E-state index in [1.807, 2.05) is 30.6 Å². The molecule has 3 N–H and O–H groups in total. The Kier molecular flexibility index (Phi) is 5.91. The van der Waals surface area contributed by atoms with Crippen molar-refractivity contribution in [3.05, 3.63) is 78.4 Å². The van der Waals surface area contributed by atoms with Gasteiger partial charge in [-0.1, -0.05) is 6.07 Å². The van der Waals surface area contributed by atoms with Crippen LogP contribution < -0.4 is 16.0 Å². The van der Waals surface area contributed by atoms with Crippen LogP contribution in [0.1, 0.15) is 23.2 Å². The molecule has 0 saturated carbocycles. The molecule has 2 aromatic carbocycles. The van der Waals surface area contributed by atoms with Crippen LogP contribution in [0.15, 0.2) is 67.0 Å². The van der Waals surface area contributed by atoms with Gasteiger partial charge in [0, 0.05) is 34.9 Å². The second-order valence-corrected chi connectivity index (χ2v) is 8.10. The number of nitrogens with zero attached hydrogens (tertiary/aromatic N) is 3. The van der Waals surface area contributed by atoms with Crippen molar-refractivity contribution in [2.45, 2.75) is 18.9 Å². The third-order valence-electron chi connectivity index (χ3n) is 5.71. The zero-order valence-electron chi connectivity index (χ0n) is 17.9. The zero-order chi connectivity index (χ0) is 22.6. The van der Waals surface area contributed by atoms with Gasteiger partial charge in [-0.3, -0.25) is 9.78 Å². The number of anilines is 2. The second-order valence-electron chi connectivity index (χ2n) is 8.10. The summed E-state index contributed by atoms with van der Waals surface area (Å²) in [6.45, 7) is 2.05. The Bertz CT molecular complexity index is 1290. The minimum atomic E-state index is -0.394. The number of piperidine rings is 1. The molecule has 1 aliphatic heterocycles. The molecule has 8 heteroatoms. The highest BCUT2D eigenvalue weighted by Gasteiger charge is 2.13. The summed E-state index contributed by atoms with van der Waals surface area (Å²) in [5, 5.41) is 18.8. The average Bonchev–Trinajstić information content (AvgIpc) is 2.85. The molecule has 0 unspecified atom stereocenters. The number of nitrogens with one attached hydrogen (secondary N) is 3. The van der Waals surface area contributed by atoms with Crippen LogP contribution in [0.4, 0.5) is 15.9 Å². The van der Waals surface area contributed by atoms with Crippen LogP contribution in [0.5, 0.6) is 0 Å². The summed E-state index contributed by atoms with van der Waals surface area (Å²) in [5.74, 6) is -0.441. The molecular formula is C25H23FN6O. The first kappa shape index (κ1) is 21.0. The molecule has 4 aromatic rings.